The van der Waals surface area contributed by atoms with E-state index in [0.717, 1.165) is 33.3 Å². The molecular formula is C21H27O2P. The van der Waals surface area contributed by atoms with Gasteiger partial charge in [0.05, 0.1) is 0 Å². The number of aryl methyl sites for hydroxylation is 4. The summed E-state index contributed by atoms with van der Waals surface area (Å²) in [4.78, 5) is 12.8. The van der Waals surface area contributed by atoms with Gasteiger partial charge in [0.2, 0.25) is 0 Å². The predicted octanol–water partition coefficient (Wildman–Crippen LogP) is 5.24. The Morgan fingerprint density at radius 3 is 2.00 bits per heavy atom. The van der Waals surface area contributed by atoms with Crippen LogP contribution in [0.15, 0.2) is 30.3 Å². The lowest BCUT2D eigenvalue weighted by Crippen LogP contribution is -2.23. The summed E-state index contributed by atoms with van der Waals surface area (Å²) in [6.07, 6.45) is 0. The number of hydrogen-bond acceptors (Lipinski definition) is 2. The molecule has 0 aromatic heterocycles. The van der Waals surface area contributed by atoms with E-state index in [2.05, 4.69) is 19.1 Å². The summed E-state index contributed by atoms with van der Waals surface area (Å²) in [5, 5.41) is 1.08. The number of carbonyl (C=O) groups excluding carboxylic acids is 1. The van der Waals surface area contributed by atoms with Crippen molar-refractivity contribution in [3.05, 3.63) is 58.1 Å². The van der Waals surface area contributed by atoms with Crippen molar-refractivity contribution in [1.29, 1.82) is 0 Å². The number of carbonyl (C=O) groups is 1. The Bertz CT molecular complexity index is 747. The first-order chi connectivity index (χ1) is 11.1. The maximum absolute atomic E-state index is 12.8. The molecule has 0 aliphatic rings. The van der Waals surface area contributed by atoms with Crippen molar-refractivity contribution in [2.75, 3.05) is 0 Å². The Morgan fingerprint density at radius 1 is 0.917 bits per heavy atom. The zero-order valence-corrected chi connectivity index (χ0v) is 16.7. The zero-order chi connectivity index (χ0) is 18.1. The molecule has 0 heterocycles. The fourth-order valence-electron chi connectivity index (χ4n) is 2.92. The molecule has 1 atom stereocenters. The average Bonchev–Trinajstić information content (AvgIpc) is 2.38. The summed E-state index contributed by atoms with van der Waals surface area (Å²) in [5.41, 5.74) is 5.29. The Morgan fingerprint density at radius 2 is 1.50 bits per heavy atom. The molecule has 3 heteroatoms. The maximum atomic E-state index is 12.8. The summed E-state index contributed by atoms with van der Waals surface area (Å²) in [5.74, 6) is 0.851. The van der Waals surface area contributed by atoms with E-state index in [0.29, 0.717) is 0 Å². The van der Waals surface area contributed by atoms with E-state index in [1.807, 2.05) is 59.7 Å². The molecule has 0 N–H and O–H groups in total. The van der Waals surface area contributed by atoms with Crippen LogP contribution in [0.5, 0.6) is 5.75 Å². The third-order valence-electron chi connectivity index (χ3n) is 3.77. The first kappa shape index (κ1) is 18.7. The van der Waals surface area contributed by atoms with Crippen LogP contribution >= 0.6 is 8.58 Å². The van der Waals surface area contributed by atoms with Gasteiger partial charge in [-0.15, -0.1) is 0 Å². The van der Waals surface area contributed by atoms with Crippen LogP contribution < -0.4 is 10.0 Å². The molecule has 2 aromatic carbocycles. The van der Waals surface area contributed by atoms with Gasteiger partial charge in [-0.25, -0.2) is 0 Å². The number of benzene rings is 2. The molecule has 1 unspecified atom stereocenters. The molecule has 2 aromatic rings. The number of hydrogen-bond donors (Lipinski definition) is 0. The number of ether oxygens (including phenoxy) is 1. The smallest absolute Gasteiger partial charge is 0.186 e. The molecule has 128 valence electrons. The van der Waals surface area contributed by atoms with Gasteiger partial charge < -0.3 is 4.74 Å². The van der Waals surface area contributed by atoms with Crippen molar-refractivity contribution in [3.8, 4) is 5.75 Å². The highest BCUT2D eigenvalue weighted by Gasteiger charge is 2.16. The third kappa shape index (κ3) is 4.68. The minimum absolute atomic E-state index is 0.134. The second-order valence-corrected chi connectivity index (χ2v) is 8.66. The molecule has 2 rings (SSSR count). The van der Waals surface area contributed by atoms with E-state index in [1.54, 1.807) is 0 Å². The average molecular weight is 342 g/mol. The molecule has 0 spiro atoms. The molecular weight excluding hydrogens is 315 g/mol. The van der Waals surface area contributed by atoms with Crippen LogP contribution in [0.3, 0.4) is 0 Å². The van der Waals surface area contributed by atoms with Gasteiger partial charge in [-0.1, -0.05) is 23.8 Å². The standard InChI is InChI=1S/C21H27O2P/c1-13-10-15(3)19(16(4)11-13)20(22)24-18-9-8-17(12-14(18)2)23-21(5,6)7/h8-12,24H,1-7H3. The Labute approximate surface area is 147 Å². The van der Waals surface area contributed by atoms with Crippen LogP contribution in [0.25, 0.3) is 0 Å². The van der Waals surface area contributed by atoms with Gasteiger partial charge >= 0.3 is 0 Å². The summed E-state index contributed by atoms with van der Waals surface area (Å²) in [6.45, 7) is 14.2. The minimum Gasteiger partial charge on any atom is -0.488 e. The second kappa shape index (κ2) is 7.07. The normalized spacial score (nSPS) is 12.0. The van der Waals surface area contributed by atoms with Crippen molar-refractivity contribution in [2.24, 2.45) is 0 Å². The summed E-state index contributed by atoms with van der Waals surface area (Å²) < 4.78 is 5.90. The molecule has 0 amide bonds. The summed E-state index contributed by atoms with van der Waals surface area (Å²) in [7, 11) is 0.134. The lowest BCUT2D eigenvalue weighted by Gasteiger charge is -2.22. The molecule has 2 nitrogen and oxygen atoms in total. The van der Waals surface area contributed by atoms with Crippen LogP contribution in [0, 0.1) is 27.7 Å². The van der Waals surface area contributed by atoms with Crippen molar-refractivity contribution in [3.63, 3.8) is 0 Å². The predicted molar refractivity (Wildman–Crippen MR) is 104 cm³/mol. The third-order valence-corrected chi connectivity index (χ3v) is 5.08. The Balaban J connectivity index is 2.24. The van der Waals surface area contributed by atoms with Gasteiger partial charge in [0.15, 0.2) is 5.52 Å². The van der Waals surface area contributed by atoms with Gasteiger partial charge in [-0.05, 0) is 91.2 Å². The molecule has 24 heavy (non-hydrogen) atoms. The van der Waals surface area contributed by atoms with Gasteiger partial charge in [-0.3, -0.25) is 4.79 Å². The van der Waals surface area contributed by atoms with Gasteiger partial charge in [0.25, 0.3) is 0 Å². The summed E-state index contributed by atoms with van der Waals surface area (Å²) in [6, 6.07) is 10.2. The van der Waals surface area contributed by atoms with Crippen molar-refractivity contribution in [1.82, 2.24) is 0 Å². The highest BCUT2D eigenvalue weighted by atomic mass is 31.1. The van der Waals surface area contributed by atoms with Gasteiger partial charge in [-0.2, -0.15) is 0 Å². The molecule has 0 aliphatic heterocycles. The SMILES string of the molecule is Cc1cc(C)c(C(=O)Pc2ccc(OC(C)(C)C)cc2C)c(C)c1. The minimum atomic E-state index is -0.220. The van der Waals surface area contributed by atoms with Crippen molar-refractivity contribution >= 4 is 19.4 Å². The molecule has 0 fully saturated rings. The lowest BCUT2D eigenvalue weighted by molar-refractivity contribution is 0.108. The van der Waals surface area contributed by atoms with E-state index >= 15 is 0 Å². The van der Waals surface area contributed by atoms with E-state index < -0.39 is 0 Å². The van der Waals surface area contributed by atoms with Crippen LogP contribution in [0.4, 0.5) is 0 Å². The van der Waals surface area contributed by atoms with E-state index in [1.165, 1.54) is 5.56 Å². The molecule has 0 saturated heterocycles. The molecule has 0 bridgehead atoms. The maximum Gasteiger partial charge on any atom is 0.186 e. The molecule has 0 saturated carbocycles. The van der Waals surface area contributed by atoms with Crippen LogP contribution in [-0.2, 0) is 0 Å². The topological polar surface area (TPSA) is 26.3 Å². The second-order valence-electron chi connectivity index (χ2n) is 7.42. The zero-order valence-electron chi connectivity index (χ0n) is 15.7. The van der Waals surface area contributed by atoms with E-state index in [9.17, 15) is 4.79 Å². The summed E-state index contributed by atoms with van der Waals surface area (Å²) >= 11 is 0. The van der Waals surface area contributed by atoms with Crippen LogP contribution in [0.2, 0.25) is 0 Å². The monoisotopic (exact) mass is 342 g/mol. The molecule has 0 radical (unpaired) electrons. The van der Waals surface area contributed by atoms with Crippen molar-refractivity contribution < 1.29 is 9.53 Å². The van der Waals surface area contributed by atoms with Crippen LogP contribution in [-0.4, -0.2) is 11.1 Å². The molecule has 0 aliphatic carbocycles. The first-order valence-electron chi connectivity index (χ1n) is 8.26. The van der Waals surface area contributed by atoms with Crippen molar-refractivity contribution in [2.45, 2.75) is 54.1 Å². The highest BCUT2D eigenvalue weighted by molar-refractivity contribution is 7.66. The van der Waals surface area contributed by atoms with Gasteiger partial charge in [0.1, 0.15) is 11.4 Å². The Hall–Kier alpha value is -1.66. The highest BCUT2D eigenvalue weighted by Crippen LogP contribution is 2.28. The van der Waals surface area contributed by atoms with E-state index in [-0.39, 0.29) is 19.7 Å². The quantitative estimate of drug-likeness (QED) is 0.710. The van der Waals surface area contributed by atoms with Crippen LogP contribution in [0.1, 0.15) is 53.4 Å². The first-order valence-corrected chi connectivity index (χ1v) is 9.26. The Kier molecular flexibility index (Phi) is 5.50. The fraction of sp³-hybridized carbons (Fsp3) is 0.381. The van der Waals surface area contributed by atoms with E-state index in [4.69, 9.17) is 4.74 Å². The van der Waals surface area contributed by atoms with Gasteiger partial charge in [0, 0.05) is 5.56 Å². The largest absolute Gasteiger partial charge is 0.488 e. The number of rotatable bonds is 4. The fourth-order valence-corrected chi connectivity index (χ4v) is 4.12. The lowest BCUT2D eigenvalue weighted by atomic mass is 10.0.